The quantitative estimate of drug-likeness (QED) is 0.386. The van der Waals surface area contributed by atoms with E-state index in [0.717, 1.165) is 5.69 Å². The Morgan fingerprint density at radius 2 is 1.77 bits per heavy atom. The third kappa shape index (κ3) is 6.09. The van der Waals surface area contributed by atoms with Crippen molar-refractivity contribution >= 4 is 39.1 Å². The monoisotopic (exact) mass is 538 g/mol. The van der Waals surface area contributed by atoms with Gasteiger partial charge < -0.3 is 15.0 Å². The maximum absolute atomic E-state index is 14.0. The maximum atomic E-state index is 14.0. The predicted octanol–water partition coefficient (Wildman–Crippen LogP) is 6.57. The van der Waals surface area contributed by atoms with Crippen LogP contribution in [0, 0.1) is 11.7 Å². The number of amides is 2. The van der Waals surface area contributed by atoms with Crippen LogP contribution in [0.2, 0.25) is 0 Å². The third-order valence-electron chi connectivity index (χ3n) is 6.03. The van der Waals surface area contributed by atoms with Crippen molar-refractivity contribution in [3.05, 3.63) is 88.1 Å². The summed E-state index contributed by atoms with van der Waals surface area (Å²) in [6.45, 7) is 7.50. The first-order chi connectivity index (χ1) is 16.6. The second-order valence-corrected chi connectivity index (χ2v) is 10.7. The van der Waals surface area contributed by atoms with Crippen LogP contribution in [0.4, 0.5) is 15.8 Å². The van der Waals surface area contributed by atoms with Crippen molar-refractivity contribution in [2.24, 2.45) is 5.92 Å². The number of carbonyl (C=O) groups is 2. The number of nitrogens with one attached hydrogen (secondary N) is 1. The van der Waals surface area contributed by atoms with Crippen LogP contribution < -0.4 is 15.0 Å². The number of hydrogen-bond donors (Lipinski definition) is 1. The van der Waals surface area contributed by atoms with Crippen LogP contribution in [0.1, 0.15) is 43.1 Å². The Kier molecular flexibility index (Phi) is 7.26. The van der Waals surface area contributed by atoms with E-state index in [0.29, 0.717) is 35.4 Å². The van der Waals surface area contributed by atoms with Crippen molar-refractivity contribution in [3.8, 4) is 5.75 Å². The molecule has 1 fully saturated rings. The zero-order chi connectivity index (χ0) is 25.2. The molecule has 1 saturated heterocycles. The van der Waals surface area contributed by atoms with Gasteiger partial charge in [0.25, 0.3) is 5.91 Å². The molecule has 4 rings (SSSR count). The van der Waals surface area contributed by atoms with Gasteiger partial charge in [-0.2, -0.15) is 0 Å². The molecule has 0 radical (unpaired) electrons. The van der Waals surface area contributed by atoms with Crippen LogP contribution in [0.15, 0.2) is 71.2 Å². The molecule has 35 heavy (non-hydrogen) atoms. The van der Waals surface area contributed by atoms with E-state index < -0.39 is 11.7 Å². The molecule has 182 valence electrons. The fourth-order valence-corrected chi connectivity index (χ4v) is 4.32. The number of nitrogens with zero attached hydrogens (tertiary/aromatic N) is 1. The Bertz CT molecular complexity index is 1220. The summed E-state index contributed by atoms with van der Waals surface area (Å²) in [4.78, 5) is 26.8. The van der Waals surface area contributed by atoms with Gasteiger partial charge in [-0.15, -0.1) is 0 Å². The summed E-state index contributed by atoms with van der Waals surface area (Å²) in [5.41, 5.74) is 2.70. The molecule has 0 bridgehead atoms. The van der Waals surface area contributed by atoms with E-state index in [-0.39, 0.29) is 22.9 Å². The Morgan fingerprint density at radius 1 is 1.09 bits per heavy atom. The van der Waals surface area contributed by atoms with Gasteiger partial charge in [-0.3, -0.25) is 9.59 Å². The Labute approximate surface area is 213 Å². The van der Waals surface area contributed by atoms with Crippen LogP contribution in [-0.4, -0.2) is 25.0 Å². The van der Waals surface area contributed by atoms with E-state index >= 15 is 0 Å². The zero-order valence-corrected chi connectivity index (χ0v) is 21.6. The molecule has 0 spiro atoms. The van der Waals surface area contributed by atoms with Crippen molar-refractivity contribution < 1.29 is 18.7 Å². The molecule has 0 aromatic heterocycles. The summed E-state index contributed by atoms with van der Waals surface area (Å²) in [6, 6.07) is 19.3. The highest BCUT2D eigenvalue weighted by atomic mass is 79.9. The normalized spacial score (nSPS) is 15.9. The van der Waals surface area contributed by atoms with Gasteiger partial charge in [0.1, 0.15) is 11.6 Å². The highest BCUT2D eigenvalue weighted by molar-refractivity contribution is 9.10. The largest absolute Gasteiger partial charge is 0.493 e. The van der Waals surface area contributed by atoms with E-state index in [9.17, 15) is 14.0 Å². The lowest BCUT2D eigenvalue weighted by molar-refractivity contribution is -0.117. The zero-order valence-electron chi connectivity index (χ0n) is 20.0. The van der Waals surface area contributed by atoms with Crippen LogP contribution in [0.25, 0.3) is 0 Å². The van der Waals surface area contributed by atoms with Crippen LogP contribution >= 0.6 is 15.9 Å². The number of hydrogen-bond acceptors (Lipinski definition) is 3. The summed E-state index contributed by atoms with van der Waals surface area (Å²) in [7, 11) is 0. The molecule has 0 aliphatic carbocycles. The average molecular weight is 539 g/mol. The maximum Gasteiger partial charge on any atom is 0.255 e. The molecular weight excluding hydrogens is 511 g/mol. The van der Waals surface area contributed by atoms with Gasteiger partial charge in [0.05, 0.1) is 12.3 Å². The fourth-order valence-electron chi connectivity index (χ4n) is 3.99. The molecule has 3 aromatic rings. The summed E-state index contributed by atoms with van der Waals surface area (Å²) in [6.07, 6.45) is 0.431. The van der Waals surface area contributed by atoms with Crippen molar-refractivity contribution in [1.82, 2.24) is 0 Å². The van der Waals surface area contributed by atoms with Gasteiger partial charge in [-0.05, 0) is 65.6 Å². The average Bonchev–Trinajstić information content (AvgIpc) is 3.20. The van der Waals surface area contributed by atoms with Gasteiger partial charge in [-0.25, -0.2) is 4.39 Å². The Balaban J connectivity index is 1.31. The van der Waals surface area contributed by atoms with Crippen LogP contribution in [-0.2, 0) is 10.2 Å². The lowest BCUT2D eigenvalue weighted by atomic mass is 9.87. The Morgan fingerprint density at radius 3 is 2.40 bits per heavy atom. The van der Waals surface area contributed by atoms with Crippen molar-refractivity contribution in [1.29, 1.82) is 0 Å². The molecule has 1 N–H and O–H groups in total. The van der Waals surface area contributed by atoms with E-state index in [1.165, 1.54) is 17.7 Å². The number of ether oxygens (including phenoxy) is 1. The second-order valence-electron chi connectivity index (χ2n) is 9.79. The lowest BCUT2D eigenvalue weighted by Gasteiger charge is -2.22. The molecule has 1 atom stereocenters. The molecule has 1 heterocycles. The number of anilines is 2. The Hall–Kier alpha value is -3.19. The van der Waals surface area contributed by atoms with Crippen molar-refractivity contribution in [3.63, 3.8) is 0 Å². The molecule has 1 aliphatic heterocycles. The standard InChI is InChI=1S/C28H28BrFN2O3/c1-28(2,3)20-6-9-22(10-7-20)32-16-18(14-26(32)33)17-35-23-11-4-19(5-12-23)27(34)31-25-13-8-21(29)15-24(25)30/h4-13,15,18H,14,16-17H2,1-3H3,(H,31,34)/t18-/m0/s1. The predicted molar refractivity (Wildman–Crippen MR) is 140 cm³/mol. The first-order valence-corrected chi connectivity index (χ1v) is 12.3. The number of rotatable bonds is 6. The van der Waals surface area contributed by atoms with E-state index in [4.69, 9.17) is 4.74 Å². The minimum atomic E-state index is -0.516. The van der Waals surface area contributed by atoms with Gasteiger partial charge >= 0.3 is 0 Å². The van der Waals surface area contributed by atoms with E-state index in [1.807, 2.05) is 17.0 Å². The second kappa shape index (κ2) is 10.2. The first kappa shape index (κ1) is 24.9. The number of benzene rings is 3. The highest BCUT2D eigenvalue weighted by Gasteiger charge is 2.31. The lowest BCUT2D eigenvalue weighted by Crippen LogP contribution is -2.25. The topological polar surface area (TPSA) is 58.6 Å². The number of halogens is 2. The highest BCUT2D eigenvalue weighted by Crippen LogP contribution is 2.29. The molecule has 2 amide bonds. The molecule has 5 nitrogen and oxygen atoms in total. The van der Waals surface area contributed by atoms with Crippen molar-refractivity contribution in [2.75, 3.05) is 23.4 Å². The van der Waals surface area contributed by atoms with Gasteiger partial charge in [0.15, 0.2) is 0 Å². The minimum absolute atomic E-state index is 0.0648. The van der Waals surface area contributed by atoms with E-state index in [1.54, 1.807) is 30.3 Å². The molecule has 0 saturated carbocycles. The van der Waals surface area contributed by atoms with Gasteiger partial charge in [0, 0.05) is 34.6 Å². The summed E-state index contributed by atoms with van der Waals surface area (Å²) in [5, 5.41) is 2.57. The first-order valence-electron chi connectivity index (χ1n) is 11.5. The molecule has 1 aliphatic rings. The van der Waals surface area contributed by atoms with Gasteiger partial charge in [0.2, 0.25) is 5.91 Å². The molecule has 3 aromatic carbocycles. The molecule has 7 heteroatoms. The summed E-state index contributed by atoms with van der Waals surface area (Å²) in [5.74, 6) is -0.149. The minimum Gasteiger partial charge on any atom is -0.493 e. The molecule has 0 unspecified atom stereocenters. The van der Waals surface area contributed by atoms with Crippen LogP contribution in [0.3, 0.4) is 0 Å². The van der Waals surface area contributed by atoms with Crippen LogP contribution in [0.5, 0.6) is 5.75 Å². The summed E-state index contributed by atoms with van der Waals surface area (Å²) >= 11 is 3.19. The SMILES string of the molecule is CC(C)(C)c1ccc(N2C[C@@H](COc3ccc(C(=O)Nc4ccc(Br)cc4F)cc3)CC2=O)cc1. The summed E-state index contributed by atoms with van der Waals surface area (Å²) < 4.78 is 20.5. The van der Waals surface area contributed by atoms with Gasteiger partial charge in [-0.1, -0.05) is 48.8 Å². The van der Waals surface area contributed by atoms with Crippen molar-refractivity contribution in [2.45, 2.75) is 32.6 Å². The van der Waals surface area contributed by atoms with E-state index in [2.05, 4.69) is 54.2 Å². The number of carbonyl (C=O) groups excluding carboxylic acids is 2. The fraction of sp³-hybridized carbons (Fsp3) is 0.286. The molecular formula is C28H28BrFN2O3. The third-order valence-corrected chi connectivity index (χ3v) is 6.52. The smallest absolute Gasteiger partial charge is 0.255 e.